The normalized spacial score (nSPS) is 22.5. The van der Waals surface area contributed by atoms with Crippen LogP contribution in [0.5, 0.6) is 0 Å². The molecule has 5 heteroatoms. The van der Waals surface area contributed by atoms with E-state index in [-0.39, 0.29) is 12.2 Å². The van der Waals surface area contributed by atoms with Crippen LogP contribution in [0, 0.1) is 0 Å². The van der Waals surface area contributed by atoms with Gasteiger partial charge in [-0.15, -0.1) is 10.2 Å². The monoisotopic (exact) mass is 237 g/mol. The number of aliphatic hydroxyl groups is 1. The van der Waals surface area contributed by atoms with Crippen LogP contribution in [-0.4, -0.2) is 32.6 Å². The Hall–Kier alpha value is -0.940. The highest BCUT2D eigenvalue weighted by Crippen LogP contribution is 2.41. The number of hydrogen-bond acceptors (Lipinski definition) is 4. The van der Waals surface area contributed by atoms with Gasteiger partial charge in [0.15, 0.2) is 5.82 Å². The first-order chi connectivity index (χ1) is 8.28. The van der Waals surface area contributed by atoms with Crippen molar-refractivity contribution in [1.82, 2.24) is 14.8 Å². The van der Waals surface area contributed by atoms with Gasteiger partial charge < -0.3 is 14.4 Å². The molecule has 1 aromatic heterocycles. The van der Waals surface area contributed by atoms with Crippen molar-refractivity contribution in [2.45, 2.75) is 56.8 Å². The van der Waals surface area contributed by atoms with Crippen LogP contribution in [0.4, 0.5) is 0 Å². The fourth-order valence-corrected chi connectivity index (χ4v) is 2.66. The molecule has 0 radical (unpaired) electrons. The summed E-state index contributed by atoms with van der Waals surface area (Å²) in [5.41, 5.74) is -0.0214. The molecular weight excluding hydrogens is 218 g/mol. The van der Waals surface area contributed by atoms with Crippen LogP contribution >= 0.6 is 0 Å². The summed E-state index contributed by atoms with van der Waals surface area (Å²) in [5, 5.41) is 17.6. The summed E-state index contributed by atoms with van der Waals surface area (Å²) in [6.07, 6.45) is 6.63. The van der Waals surface area contributed by atoms with Crippen LogP contribution in [0.2, 0.25) is 0 Å². The Bertz CT molecular complexity index is 402. The van der Waals surface area contributed by atoms with Gasteiger partial charge in [-0.1, -0.05) is 0 Å². The van der Waals surface area contributed by atoms with Crippen LogP contribution < -0.4 is 0 Å². The molecule has 1 heterocycles. The summed E-state index contributed by atoms with van der Waals surface area (Å²) in [5.74, 6) is 1.69. The number of hydrogen-bond donors (Lipinski definition) is 1. The van der Waals surface area contributed by atoms with Gasteiger partial charge in [0.2, 0.25) is 0 Å². The highest BCUT2D eigenvalue weighted by Gasteiger charge is 2.40. The summed E-state index contributed by atoms with van der Waals surface area (Å²) >= 11 is 0. The first-order valence-corrected chi connectivity index (χ1v) is 6.37. The molecule has 94 valence electrons. The minimum absolute atomic E-state index is 0.0214. The van der Waals surface area contributed by atoms with E-state index in [1.807, 2.05) is 0 Å². The highest BCUT2D eigenvalue weighted by atomic mass is 16.5. The van der Waals surface area contributed by atoms with Crippen molar-refractivity contribution in [2.75, 3.05) is 7.11 Å². The molecule has 0 aliphatic heterocycles. The third-order valence-corrected chi connectivity index (χ3v) is 4.07. The molecule has 2 aliphatic carbocycles. The smallest absolute Gasteiger partial charge is 0.159 e. The molecule has 1 aromatic rings. The van der Waals surface area contributed by atoms with E-state index in [1.54, 1.807) is 7.11 Å². The second kappa shape index (κ2) is 4.07. The molecule has 2 saturated carbocycles. The van der Waals surface area contributed by atoms with Crippen molar-refractivity contribution in [3.05, 3.63) is 11.6 Å². The van der Waals surface area contributed by atoms with Crippen molar-refractivity contribution >= 4 is 0 Å². The van der Waals surface area contributed by atoms with E-state index < -0.39 is 0 Å². The third-order valence-electron chi connectivity index (χ3n) is 4.07. The van der Waals surface area contributed by atoms with Crippen molar-refractivity contribution < 1.29 is 9.84 Å². The molecule has 2 aliphatic rings. The van der Waals surface area contributed by atoms with Gasteiger partial charge in [0.05, 0.1) is 5.60 Å². The standard InChI is InChI=1S/C12H19N3O2/c1-17-12(5-2-6-12)7-10-13-14-11(8-16)15(10)9-3-4-9/h9,16H,2-8H2,1H3. The molecule has 1 N–H and O–H groups in total. The van der Waals surface area contributed by atoms with Crippen LogP contribution in [0.1, 0.15) is 49.8 Å². The van der Waals surface area contributed by atoms with E-state index in [0.717, 1.165) is 25.1 Å². The summed E-state index contributed by atoms with van der Waals surface area (Å²) in [7, 11) is 1.78. The predicted molar refractivity (Wildman–Crippen MR) is 61.5 cm³/mol. The summed E-state index contributed by atoms with van der Waals surface area (Å²) in [6, 6.07) is 0.510. The van der Waals surface area contributed by atoms with Gasteiger partial charge in [0, 0.05) is 19.6 Å². The van der Waals surface area contributed by atoms with Gasteiger partial charge in [-0.2, -0.15) is 0 Å². The molecule has 0 aromatic carbocycles. The van der Waals surface area contributed by atoms with Gasteiger partial charge in [-0.25, -0.2) is 0 Å². The van der Waals surface area contributed by atoms with Crippen molar-refractivity contribution in [2.24, 2.45) is 0 Å². The molecule has 0 unspecified atom stereocenters. The van der Waals surface area contributed by atoms with Crippen LogP contribution in [-0.2, 0) is 17.8 Å². The maximum Gasteiger partial charge on any atom is 0.159 e. The quantitative estimate of drug-likeness (QED) is 0.836. The Balaban J connectivity index is 1.84. The zero-order valence-corrected chi connectivity index (χ0v) is 10.2. The number of rotatable bonds is 5. The summed E-state index contributed by atoms with van der Waals surface area (Å²) < 4.78 is 7.76. The predicted octanol–water partition coefficient (Wildman–Crippen LogP) is 1.22. The van der Waals surface area contributed by atoms with Crippen LogP contribution in [0.15, 0.2) is 0 Å². The van der Waals surface area contributed by atoms with Crippen molar-refractivity contribution in [3.63, 3.8) is 0 Å². The Morgan fingerprint density at radius 1 is 1.35 bits per heavy atom. The van der Waals surface area contributed by atoms with E-state index in [9.17, 15) is 5.11 Å². The topological polar surface area (TPSA) is 60.2 Å². The fraction of sp³-hybridized carbons (Fsp3) is 0.833. The van der Waals surface area contributed by atoms with E-state index in [4.69, 9.17) is 4.74 Å². The van der Waals surface area contributed by atoms with E-state index in [2.05, 4.69) is 14.8 Å². The zero-order chi connectivity index (χ0) is 11.9. The molecule has 5 nitrogen and oxygen atoms in total. The molecule has 2 fully saturated rings. The van der Waals surface area contributed by atoms with Gasteiger partial charge in [-0.05, 0) is 32.1 Å². The minimum Gasteiger partial charge on any atom is -0.388 e. The SMILES string of the molecule is COC1(Cc2nnc(CO)n2C2CC2)CCC1. The molecular formula is C12H19N3O2. The van der Waals surface area contributed by atoms with Gasteiger partial charge in [0.25, 0.3) is 0 Å². The van der Waals surface area contributed by atoms with Crippen molar-refractivity contribution in [3.8, 4) is 0 Å². The van der Waals surface area contributed by atoms with Crippen LogP contribution in [0.25, 0.3) is 0 Å². The second-order valence-corrected chi connectivity index (χ2v) is 5.21. The Morgan fingerprint density at radius 2 is 2.06 bits per heavy atom. The summed E-state index contributed by atoms with van der Waals surface area (Å²) in [4.78, 5) is 0. The van der Waals surface area contributed by atoms with Crippen LogP contribution in [0.3, 0.4) is 0 Å². The first-order valence-electron chi connectivity index (χ1n) is 6.37. The molecule has 3 rings (SSSR count). The average molecular weight is 237 g/mol. The van der Waals surface area contributed by atoms with Gasteiger partial charge in [0.1, 0.15) is 12.4 Å². The summed E-state index contributed by atoms with van der Waals surface area (Å²) in [6.45, 7) is -0.0243. The zero-order valence-electron chi connectivity index (χ0n) is 10.2. The molecule has 0 spiro atoms. The maximum atomic E-state index is 9.28. The van der Waals surface area contributed by atoms with Crippen molar-refractivity contribution in [1.29, 1.82) is 0 Å². The number of methoxy groups -OCH3 is 1. The number of aromatic nitrogens is 3. The fourth-order valence-electron chi connectivity index (χ4n) is 2.66. The van der Waals surface area contributed by atoms with Gasteiger partial charge >= 0.3 is 0 Å². The van der Waals surface area contributed by atoms with E-state index in [0.29, 0.717) is 11.9 Å². The third kappa shape index (κ3) is 1.87. The minimum atomic E-state index is -0.0243. The lowest BCUT2D eigenvalue weighted by molar-refractivity contribution is -0.0726. The number of ether oxygens (including phenoxy) is 1. The molecule has 0 bridgehead atoms. The molecule has 17 heavy (non-hydrogen) atoms. The lowest BCUT2D eigenvalue weighted by Gasteiger charge is -2.40. The largest absolute Gasteiger partial charge is 0.388 e. The lowest BCUT2D eigenvalue weighted by atomic mass is 9.77. The van der Waals surface area contributed by atoms with Gasteiger partial charge in [-0.3, -0.25) is 0 Å². The van der Waals surface area contributed by atoms with E-state index >= 15 is 0 Å². The number of aliphatic hydroxyl groups excluding tert-OH is 1. The Labute approximate surface area is 101 Å². The highest BCUT2D eigenvalue weighted by molar-refractivity contribution is 5.07. The lowest BCUT2D eigenvalue weighted by Crippen LogP contribution is -2.42. The maximum absolute atomic E-state index is 9.28. The van der Waals surface area contributed by atoms with E-state index in [1.165, 1.54) is 19.3 Å². The molecule has 0 atom stereocenters. The first kappa shape index (κ1) is 11.2. The number of nitrogens with zero attached hydrogens (tertiary/aromatic N) is 3. The Morgan fingerprint density at radius 3 is 2.53 bits per heavy atom. The second-order valence-electron chi connectivity index (χ2n) is 5.21. The molecule has 0 amide bonds. The molecule has 0 saturated heterocycles. The Kier molecular flexibility index (Phi) is 2.67. The average Bonchev–Trinajstić information content (AvgIpc) is 3.05.